The zero-order chi connectivity index (χ0) is 21.7. The van der Waals surface area contributed by atoms with Crippen molar-refractivity contribution in [3.8, 4) is 0 Å². The number of carbonyl (C=O) groups excluding carboxylic acids is 4. The molecular weight excluding hydrogens is 396 g/mol. The highest BCUT2D eigenvalue weighted by molar-refractivity contribution is 6.11. The van der Waals surface area contributed by atoms with Crippen LogP contribution in [0.5, 0.6) is 0 Å². The number of nitrogens with one attached hydrogen (secondary N) is 3. The van der Waals surface area contributed by atoms with Crippen molar-refractivity contribution in [2.45, 2.75) is 25.4 Å². The lowest BCUT2D eigenvalue weighted by Gasteiger charge is -2.29. The van der Waals surface area contributed by atoms with E-state index in [9.17, 15) is 19.2 Å². The number of nitrogens with zero attached hydrogens (tertiary/aromatic N) is 1. The molecule has 1 fully saturated rings. The second-order valence-electron chi connectivity index (χ2n) is 7.84. The molecule has 0 radical (unpaired) electrons. The molecule has 1 aromatic heterocycles. The largest absolute Gasteiger partial charge is 0.388 e. The molecule has 0 bridgehead atoms. The van der Waals surface area contributed by atoms with Crippen molar-refractivity contribution in [2.75, 3.05) is 12.4 Å². The van der Waals surface area contributed by atoms with Crippen LogP contribution in [0.25, 0.3) is 10.9 Å². The van der Waals surface area contributed by atoms with Crippen LogP contribution in [-0.2, 0) is 16.1 Å². The lowest BCUT2D eigenvalue weighted by Crippen LogP contribution is -2.52. The van der Waals surface area contributed by atoms with Crippen molar-refractivity contribution in [2.24, 2.45) is 0 Å². The fourth-order valence-electron chi connectivity index (χ4n) is 4.28. The minimum Gasteiger partial charge on any atom is -0.388 e. The Morgan fingerprint density at radius 1 is 1.10 bits per heavy atom. The first-order chi connectivity index (χ1) is 14.9. The van der Waals surface area contributed by atoms with Gasteiger partial charge in [-0.05, 0) is 42.3 Å². The first-order valence-electron chi connectivity index (χ1n) is 10.1. The van der Waals surface area contributed by atoms with Crippen LogP contribution >= 0.6 is 0 Å². The predicted octanol–water partition coefficient (Wildman–Crippen LogP) is 2.20. The average Bonchev–Trinajstić information content (AvgIpc) is 3.33. The van der Waals surface area contributed by atoms with Gasteiger partial charge >= 0.3 is 0 Å². The summed E-state index contributed by atoms with van der Waals surface area (Å²) in [5, 5.41) is 6.29. The fourth-order valence-corrected chi connectivity index (χ4v) is 4.28. The molecule has 0 aliphatic carbocycles. The molecule has 0 saturated carbocycles. The summed E-state index contributed by atoms with van der Waals surface area (Å²) in [5.74, 6) is -1.20. The maximum atomic E-state index is 13.1. The van der Waals surface area contributed by atoms with Crippen molar-refractivity contribution in [3.05, 3.63) is 64.8 Å². The first-order valence-corrected chi connectivity index (χ1v) is 10.1. The monoisotopic (exact) mass is 416 g/mol. The van der Waals surface area contributed by atoms with Gasteiger partial charge in [0.1, 0.15) is 6.04 Å². The summed E-state index contributed by atoms with van der Waals surface area (Å²) in [6.07, 6.45) is 0.510. The van der Waals surface area contributed by atoms with Crippen LogP contribution in [0.2, 0.25) is 0 Å². The number of benzene rings is 2. The van der Waals surface area contributed by atoms with Gasteiger partial charge in [-0.2, -0.15) is 0 Å². The van der Waals surface area contributed by atoms with Gasteiger partial charge in [0.05, 0.1) is 5.69 Å². The van der Waals surface area contributed by atoms with Crippen LogP contribution < -0.4 is 10.6 Å². The molecule has 1 atom stereocenters. The standard InChI is InChI=1S/C23H20N4O4/c1-24-15-4-2-12-9-18(25-17(12)10-15)21(29)13-3-5-16-14(8-13)11-27(23(16)31)19-6-7-20(28)26-22(19)30/h2-5,8-10,19,24-25H,6-7,11H2,1H3,(H,26,28,30). The van der Waals surface area contributed by atoms with Gasteiger partial charge in [-0.1, -0.05) is 12.1 Å². The molecule has 2 aliphatic heterocycles. The van der Waals surface area contributed by atoms with Gasteiger partial charge < -0.3 is 15.2 Å². The van der Waals surface area contributed by atoms with E-state index in [1.807, 2.05) is 31.3 Å². The van der Waals surface area contributed by atoms with Crippen molar-refractivity contribution >= 4 is 40.1 Å². The van der Waals surface area contributed by atoms with Crippen molar-refractivity contribution in [1.29, 1.82) is 0 Å². The molecule has 3 heterocycles. The smallest absolute Gasteiger partial charge is 0.255 e. The predicted molar refractivity (Wildman–Crippen MR) is 114 cm³/mol. The zero-order valence-corrected chi connectivity index (χ0v) is 16.8. The number of imide groups is 1. The summed E-state index contributed by atoms with van der Waals surface area (Å²) in [6.45, 7) is 0.236. The molecule has 3 N–H and O–H groups in total. The first kappa shape index (κ1) is 19.0. The molecule has 2 aromatic carbocycles. The highest BCUT2D eigenvalue weighted by atomic mass is 16.2. The minimum absolute atomic E-state index is 0.170. The van der Waals surface area contributed by atoms with E-state index in [1.165, 1.54) is 4.90 Å². The van der Waals surface area contributed by atoms with Crippen molar-refractivity contribution in [3.63, 3.8) is 0 Å². The highest BCUT2D eigenvalue weighted by Gasteiger charge is 2.39. The maximum Gasteiger partial charge on any atom is 0.255 e. The zero-order valence-electron chi connectivity index (χ0n) is 16.8. The third kappa shape index (κ3) is 3.16. The van der Waals surface area contributed by atoms with E-state index in [0.717, 1.165) is 16.6 Å². The van der Waals surface area contributed by atoms with E-state index in [-0.39, 0.29) is 30.6 Å². The molecule has 3 aromatic rings. The molecule has 5 rings (SSSR count). The molecule has 1 saturated heterocycles. The minimum atomic E-state index is -0.674. The van der Waals surface area contributed by atoms with E-state index in [4.69, 9.17) is 0 Å². The number of aromatic amines is 1. The van der Waals surface area contributed by atoms with Crippen molar-refractivity contribution < 1.29 is 19.2 Å². The number of aromatic nitrogens is 1. The van der Waals surface area contributed by atoms with E-state index in [1.54, 1.807) is 18.2 Å². The second kappa shape index (κ2) is 7.09. The highest BCUT2D eigenvalue weighted by Crippen LogP contribution is 2.29. The number of anilines is 1. The molecule has 0 spiro atoms. The van der Waals surface area contributed by atoms with Gasteiger partial charge in [0.2, 0.25) is 17.6 Å². The number of fused-ring (bicyclic) bond motifs is 2. The van der Waals surface area contributed by atoms with E-state index < -0.39 is 11.9 Å². The van der Waals surface area contributed by atoms with Crippen LogP contribution in [0, 0.1) is 0 Å². The van der Waals surface area contributed by atoms with Crippen LogP contribution in [0.15, 0.2) is 42.5 Å². The Bertz CT molecular complexity index is 1280. The van der Waals surface area contributed by atoms with Crippen LogP contribution in [0.1, 0.15) is 44.8 Å². The Kier molecular flexibility index (Phi) is 4.35. The Labute approximate surface area is 177 Å². The molecule has 2 aliphatic rings. The van der Waals surface area contributed by atoms with Gasteiger partial charge in [-0.25, -0.2) is 0 Å². The maximum absolute atomic E-state index is 13.1. The molecule has 3 amide bonds. The second-order valence-corrected chi connectivity index (χ2v) is 7.84. The molecule has 1 unspecified atom stereocenters. The van der Waals surface area contributed by atoms with Crippen LogP contribution in [0.3, 0.4) is 0 Å². The number of amides is 3. The quantitative estimate of drug-likeness (QED) is 0.446. The summed E-state index contributed by atoms with van der Waals surface area (Å²) in [7, 11) is 1.83. The number of hydrogen-bond donors (Lipinski definition) is 3. The average molecular weight is 416 g/mol. The lowest BCUT2D eigenvalue weighted by atomic mass is 10.0. The summed E-state index contributed by atoms with van der Waals surface area (Å²) in [6, 6.07) is 11.9. The van der Waals surface area contributed by atoms with Gasteiger partial charge in [-0.15, -0.1) is 0 Å². The van der Waals surface area contributed by atoms with Crippen LogP contribution in [0.4, 0.5) is 5.69 Å². The Morgan fingerprint density at radius 2 is 1.94 bits per heavy atom. The Balaban J connectivity index is 1.42. The van der Waals surface area contributed by atoms with Gasteiger partial charge in [0.15, 0.2) is 0 Å². The third-order valence-corrected chi connectivity index (χ3v) is 5.94. The summed E-state index contributed by atoms with van der Waals surface area (Å²) >= 11 is 0. The number of piperidine rings is 1. The van der Waals surface area contributed by atoms with Gasteiger partial charge in [0, 0.05) is 47.7 Å². The van der Waals surface area contributed by atoms with Crippen molar-refractivity contribution in [1.82, 2.24) is 15.2 Å². The van der Waals surface area contributed by atoms with Gasteiger partial charge in [0.25, 0.3) is 5.91 Å². The molecule has 8 heteroatoms. The summed E-state index contributed by atoms with van der Waals surface area (Å²) in [4.78, 5) is 54.1. The Hall–Kier alpha value is -3.94. The van der Waals surface area contributed by atoms with E-state index >= 15 is 0 Å². The summed E-state index contributed by atoms with van der Waals surface area (Å²) in [5.41, 5.74) is 3.92. The SMILES string of the molecule is CNc1ccc2cc(C(=O)c3ccc4c(c3)CN(C3CCC(=O)NC3=O)C4=O)[nH]c2c1. The Morgan fingerprint density at radius 3 is 2.71 bits per heavy atom. The van der Waals surface area contributed by atoms with Gasteiger partial charge in [-0.3, -0.25) is 24.5 Å². The number of H-pyrrole nitrogens is 1. The number of hydrogen-bond acceptors (Lipinski definition) is 5. The molecule has 31 heavy (non-hydrogen) atoms. The summed E-state index contributed by atoms with van der Waals surface area (Å²) < 4.78 is 0. The topological polar surface area (TPSA) is 111 Å². The van der Waals surface area contributed by atoms with Crippen LogP contribution in [-0.4, -0.2) is 46.5 Å². The fraction of sp³-hybridized carbons (Fsp3) is 0.217. The number of rotatable bonds is 4. The third-order valence-electron chi connectivity index (χ3n) is 5.94. The number of carbonyl (C=O) groups is 4. The molecule has 8 nitrogen and oxygen atoms in total. The number of ketones is 1. The normalized spacial score (nSPS) is 18.3. The lowest BCUT2D eigenvalue weighted by molar-refractivity contribution is -0.136. The van der Waals surface area contributed by atoms with E-state index in [0.29, 0.717) is 28.8 Å². The molecular formula is C23H20N4O4. The molecule has 156 valence electrons. The van der Waals surface area contributed by atoms with E-state index in [2.05, 4.69) is 15.6 Å².